The van der Waals surface area contributed by atoms with E-state index in [2.05, 4.69) is 30.8 Å². The van der Waals surface area contributed by atoms with Crippen molar-refractivity contribution >= 4 is 0 Å². The molecule has 1 atom stereocenters. The molecule has 2 rings (SSSR count). The molecular weight excluding hydrogens is 160 g/mol. The fraction of sp³-hybridized carbons (Fsp3) is 0.333. The second-order valence-electron chi connectivity index (χ2n) is 3.62. The molecule has 0 N–H and O–H groups in total. The monoisotopic (exact) mass is 174 g/mol. The molecule has 1 aliphatic heterocycles. The van der Waals surface area contributed by atoms with E-state index < -0.39 is 0 Å². The van der Waals surface area contributed by atoms with Gasteiger partial charge in [-0.05, 0) is 18.1 Å². The van der Waals surface area contributed by atoms with Gasteiger partial charge in [-0.3, -0.25) is 0 Å². The van der Waals surface area contributed by atoms with Gasteiger partial charge >= 0.3 is 0 Å². The van der Waals surface area contributed by atoms with Crippen LogP contribution in [0.3, 0.4) is 0 Å². The van der Waals surface area contributed by atoms with Crippen molar-refractivity contribution < 1.29 is 4.74 Å². The number of hydrogen-bond donors (Lipinski definition) is 0. The lowest BCUT2D eigenvalue weighted by Crippen LogP contribution is -2.22. The van der Waals surface area contributed by atoms with Crippen molar-refractivity contribution in [2.75, 3.05) is 0 Å². The van der Waals surface area contributed by atoms with Crippen molar-refractivity contribution in [1.29, 1.82) is 0 Å². The van der Waals surface area contributed by atoms with Crippen LogP contribution < -0.4 is 0 Å². The number of benzene rings is 1. The first-order valence-electron chi connectivity index (χ1n) is 4.61. The minimum absolute atomic E-state index is 0.217. The Hall–Kier alpha value is -1.08. The molecule has 0 bridgehead atoms. The van der Waals surface area contributed by atoms with Crippen molar-refractivity contribution in [3.63, 3.8) is 0 Å². The van der Waals surface area contributed by atoms with Crippen molar-refractivity contribution in [2.45, 2.75) is 26.1 Å². The molecule has 68 valence electrons. The Morgan fingerprint density at radius 2 is 2.08 bits per heavy atom. The average Bonchev–Trinajstić information content (AvgIpc) is 2.17. The molecule has 0 aromatic heterocycles. The van der Waals surface area contributed by atoms with Crippen molar-refractivity contribution in [2.24, 2.45) is 0 Å². The second kappa shape index (κ2) is 3.35. The van der Waals surface area contributed by atoms with Crippen LogP contribution in [0.15, 0.2) is 36.4 Å². The lowest BCUT2D eigenvalue weighted by Gasteiger charge is -2.25. The van der Waals surface area contributed by atoms with Gasteiger partial charge in [-0.1, -0.05) is 36.4 Å². The van der Waals surface area contributed by atoms with E-state index in [0.717, 1.165) is 18.6 Å². The Kier molecular flexibility index (Phi) is 2.19. The van der Waals surface area contributed by atoms with Crippen LogP contribution in [0.2, 0.25) is 0 Å². The predicted octanol–water partition coefficient (Wildman–Crippen LogP) is 2.70. The highest BCUT2D eigenvalue weighted by Crippen LogP contribution is 2.23. The van der Waals surface area contributed by atoms with Gasteiger partial charge in [-0.15, -0.1) is 0 Å². The van der Waals surface area contributed by atoms with Crippen molar-refractivity contribution in [3.05, 3.63) is 47.5 Å². The van der Waals surface area contributed by atoms with E-state index in [1.807, 2.05) is 6.92 Å². The molecule has 0 spiro atoms. The van der Waals surface area contributed by atoms with Crippen LogP contribution in [-0.4, -0.2) is 6.10 Å². The molecule has 1 heteroatoms. The minimum Gasteiger partial charge on any atom is -0.369 e. The van der Waals surface area contributed by atoms with Crippen LogP contribution in [0, 0.1) is 0 Å². The third-order valence-corrected chi connectivity index (χ3v) is 2.51. The molecular formula is C12H14O. The summed E-state index contributed by atoms with van der Waals surface area (Å²) < 4.78 is 5.67. The third kappa shape index (κ3) is 1.65. The highest BCUT2D eigenvalue weighted by Gasteiger charge is 2.18. The zero-order valence-corrected chi connectivity index (χ0v) is 7.92. The normalized spacial score (nSPS) is 20.8. The van der Waals surface area contributed by atoms with Gasteiger partial charge in [-0.25, -0.2) is 0 Å². The molecule has 1 aromatic rings. The topological polar surface area (TPSA) is 9.23 Å². The zero-order valence-electron chi connectivity index (χ0n) is 7.92. The lowest BCUT2D eigenvalue weighted by atomic mass is 9.96. The molecule has 1 unspecified atom stereocenters. The van der Waals surface area contributed by atoms with Crippen LogP contribution >= 0.6 is 0 Å². The van der Waals surface area contributed by atoms with Crippen molar-refractivity contribution in [1.82, 2.24) is 0 Å². The van der Waals surface area contributed by atoms with E-state index in [1.54, 1.807) is 0 Å². The second-order valence-corrected chi connectivity index (χ2v) is 3.62. The first-order chi connectivity index (χ1) is 6.27. The molecule has 0 radical (unpaired) electrons. The fourth-order valence-electron chi connectivity index (χ4n) is 1.66. The minimum atomic E-state index is 0.217. The maximum absolute atomic E-state index is 5.67. The standard InChI is InChI=1S/C12H14O/c1-9(2)12-7-10-5-3-4-6-11(10)8-13-12/h3-6,12H,1,7-8H2,2H3. The predicted molar refractivity (Wildman–Crippen MR) is 53.5 cm³/mol. The SMILES string of the molecule is C=C(C)C1Cc2ccccc2CO1. The molecule has 13 heavy (non-hydrogen) atoms. The van der Waals surface area contributed by atoms with Crippen molar-refractivity contribution in [3.8, 4) is 0 Å². The van der Waals surface area contributed by atoms with Crippen LogP contribution in [0.4, 0.5) is 0 Å². The molecule has 0 saturated carbocycles. The van der Waals surface area contributed by atoms with Crippen LogP contribution in [0.5, 0.6) is 0 Å². The summed E-state index contributed by atoms with van der Waals surface area (Å²) in [4.78, 5) is 0. The summed E-state index contributed by atoms with van der Waals surface area (Å²) in [6.45, 7) is 6.68. The molecule has 0 saturated heterocycles. The van der Waals surface area contributed by atoms with Crippen LogP contribution in [-0.2, 0) is 17.8 Å². The fourth-order valence-corrected chi connectivity index (χ4v) is 1.66. The van der Waals surface area contributed by atoms with Gasteiger partial charge < -0.3 is 4.74 Å². The largest absolute Gasteiger partial charge is 0.369 e. The summed E-state index contributed by atoms with van der Waals surface area (Å²) in [7, 11) is 0. The number of ether oxygens (including phenoxy) is 1. The van der Waals surface area contributed by atoms with E-state index in [9.17, 15) is 0 Å². The summed E-state index contributed by atoms with van der Waals surface area (Å²) in [6, 6.07) is 8.45. The van der Waals surface area contributed by atoms with Gasteiger partial charge in [0.1, 0.15) is 0 Å². The zero-order chi connectivity index (χ0) is 9.26. The van der Waals surface area contributed by atoms with E-state index >= 15 is 0 Å². The molecule has 1 aliphatic rings. The average molecular weight is 174 g/mol. The van der Waals surface area contributed by atoms with E-state index in [4.69, 9.17) is 4.74 Å². The highest BCUT2D eigenvalue weighted by atomic mass is 16.5. The number of rotatable bonds is 1. The summed E-state index contributed by atoms with van der Waals surface area (Å²) in [5.41, 5.74) is 3.84. The quantitative estimate of drug-likeness (QED) is 0.595. The first kappa shape index (κ1) is 8.52. The Bertz CT molecular complexity index is 328. The van der Waals surface area contributed by atoms with Gasteiger partial charge in [0.2, 0.25) is 0 Å². The summed E-state index contributed by atoms with van der Waals surface area (Å²) in [6.07, 6.45) is 1.20. The molecule has 1 nitrogen and oxygen atoms in total. The van der Waals surface area contributed by atoms with Gasteiger partial charge in [0.15, 0.2) is 0 Å². The van der Waals surface area contributed by atoms with E-state index in [0.29, 0.717) is 0 Å². The summed E-state index contributed by atoms with van der Waals surface area (Å²) in [5.74, 6) is 0. The number of fused-ring (bicyclic) bond motifs is 1. The smallest absolute Gasteiger partial charge is 0.0824 e. The Labute approximate surface area is 79.0 Å². The molecule has 0 aliphatic carbocycles. The van der Waals surface area contributed by atoms with Gasteiger partial charge in [0, 0.05) is 6.42 Å². The number of hydrogen-bond acceptors (Lipinski definition) is 1. The van der Waals surface area contributed by atoms with E-state index in [-0.39, 0.29) is 6.10 Å². The highest BCUT2D eigenvalue weighted by molar-refractivity contribution is 5.30. The van der Waals surface area contributed by atoms with Crippen LogP contribution in [0.1, 0.15) is 18.1 Å². The third-order valence-electron chi connectivity index (χ3n) is 2.51. The van der Waals surface area contributed by atoms with Gasteiger partial charge in [-0.2, -0.15) is 0 Å². The van der Waals surface area contributed by atoms with E-state index in [1.165, 1.54) is 11.1 Å². The Morgan fingerprint density at radius 3 is 2.77 bits per heavy atom. The van der Waals surface area contributed by atoms with Gasteiger partial charge in [0.05, 0.1) is 12.7 Å². The molecule has 0 amide bonds. The Balaban J connectivity index is 2.24. The maximum Gasteiger partial charge on any atom is 0.0824 e. The van der Waals surface area contributed by atoms with Crippen LogP contribution in [0.25, 0.3) is 0 Å². The lowest BCUT2D eigenvalue weighted by molar-refractivity contribution is 0.0524. The van der Waals surface area contributed by atoms with Gasteiger partial charge in [0.25, 0.3) is 0 Å². The molecule has 1 heterocycles. The Morgan fingerprint density at radius 1 is 1.38 bits per heavy atom. The molecule has 1 aromatic carbocycles. The summed E-state index contributed by atoms with van der Waals surface area (Å²) >= 11 is 0. The summed E-state index contributed by atoms with van der Waals surface area (Å²) in [5, 5.41) is 0. The molecule has 0 fully saturated rings. The first-order valence-corrected chi connectivity index (χ1v) is 4.61. The maximum atomic E-state index is 5.67.